The molecule has 5 nitrogen and oxygen atoms in total. The number of halogens is 3. The molecule has 0 aliphatic carbocycles. The van der Waals surface area contributed by atoms with E-state index in [-0.39, 0.29) is 12.2 Å². The number of hydrogen-bond acceptors (Lipinski definition) is 3. The lowest BCUT2D eigenvalue weighted by Crippen LogP contribution is -2.30. The van der Waals surface area contributed by atoms with E-state index in [1.807, 2.05) is 30.3 Å². The lowest BCUT2D eigenvalue weighted by atomic mass is 10.1. The molecule has 1 aromatic heterocycles. The maximum Gasteiger partial charge on any atom is 0.349 e. The average molecular weight is 426 g/mol. The second-order valence-electron chi connectivity index (χ2n) is 6.53. The van der Waals surface area contributed by atoms with Crippen molar-refractivity contribution in [2.45, 2.75) is 6.54 Å². The third-order valence-corrected chi connectivity index (χ3v) is 4.73. The van der Waals surface area contributed by atoms with Crippen molar-refractivity contribution < 1.29 is 13.6 Å². The fraction of sp³-hybridized carbons (Fsp3) is 0.0455. The van der Waals surface area contributed by atoms with Crippen molar-refractivity contribution in [3.05, 3.63) is 93.9 Å². The number of benzene rings is 3. The molecule has 0 fully saturated rings. The first-order chi connectivity index (χ1) is 14.4. The Hall–Kier alpha value is -3.58. The number of aromatic nitrogens is 2. The van der Waals surface area contributed by atoms with Gasteiger partial charge >= 0.3 is 5.69 Å². The minimum atomic E-state index is -1.08. The predicted octanol–water partition coefficient (Wildman–Crippen LogP) is 4.63. The van der Waals surface area contributed by atoms with Gasteiger partial charge in [0.05, 0.1) is 11.2 Å². The standard InChI is InChI=1S/C22H14ClF2N3O2/c23-14-6-9-19-16(10-14)21(13-4-2-1-3-5-13)27-22(30)28(19)12-20(29)26-15-7-8-17(24)18(25)11-15/h1-11H,12H2,(H,26,29). The van der Waals surface area contributed by atoms with E-state index in [1.165, 1.54) is 10.6 Å². The molecule has 0 atom stereocenters. The first kappa shape index (κ1) is 19.7. The van der Waals surface area contributed by atoms with Gasteiger partial charge < -0.3 is 5.32 Å². The van der Waals surface area contributed by atoms with Gasteiger partial charge in [0.15, 0.2) is 11.6 Å². The van der Waals surface area contributed by atoms with Gasteiger partial charge in [-0.25, -0.2) is 13.6 Å². The Balaban J connectivity index is 1.74. The van der Waals surface area contributed by atoms with Crippen molar-refractivity contribution >= 4 is 34.1 Å². The van der Waals surface area contributed by atoms with E-state index in [0.717, 1.165) is 17.7 Å². The molecule has 4 aromatic rings. The van der Waals surface area contributed by atoms with E-state index in [1.54, 1.807) is 18.2 Å². The quantitative estimate of drug-likeness (QED) is 0.518. The molecule has 0 saturated carbocycles. The molecule has 1 N–H and O–H groups in total. The van der Waals surface area contributed by atoms with Crippen molar-refractivity contribution in [1.29, 1.82) is 0 Å². The molecule has 0 aliphatic rings. The maximum absolute atomic E-state index is 13.4. The van der Waals surface area contributed by atoms with E-state index >= 15 is 0 Å². The fourth-order valence-electron chi connectivity index (χ4n) is 3.14. The van der Waals surface area contributed by atoms with Crippen LogP contribution in [0.5, 0.6) is 0 Å². The lowest BCUT2D eigenvalue weighted by Gasteiger charge is -2.13. The molecule has 0 unspecified atom stereocenters. The fourth-order valence-corrected chi connectivity index (χ4v) is 3.31. The zero-order valence-electron chi connectivity index (χ0n) is 15.4. The van der Waals surface area contributed by atoms with Crippen molar-refractivity contribution in [1.82, 2.24) is 9.55 Å². The Labute approximate surface area is 174 Å². The largest absolute Gasteiger partial charge is 0.349 e. The number of hydrogen-bond donors (Lipinski definition) is 1. The summed E-state index contributed by atoms with van der Waals surface area (Å²) in [6.07, 6.45) is 0. The minimum absolute atomic E-state index is 0.0770. The zero-order valence-corrected chi connectivity index (χ0v) is 16.2. The van der Waals surface area contributed by atoms with Gasteiger partial charge in [-0.3, -0.25) is 9.36 Å². The lowest BCUT2D eigenvalue weighted by molar-refractivity contribution is -0.116. The van der Waals surface area contributed by atoms with Crippen LogP contribution in [-0.4, -0.2) is 15.5 Å². The summed E-state index contributed by atoms with van der Waals surface area (Å²) >= 11 is 6.15. The van der Waals surface area contributed by atoms with Gasteiger partial charge in [-0.05, 0) is 30.3 Å². The van der Waals surface area contributed by atoms with Gasteiger partial charge in [-0.2, -0.15) is 4.98 Å². The number of fused-ring (bicyclic) bond motifs is 1. The van der Waals surface area contributed by atoms with Crippen LogP contribution in [-0.2, 0) is 11.3 Å². The minimum Gasteiger partial charge on any atom is -0.324 e. The molecule has 0 spiro atoms. The summed E-state index contributed by atoms with van der Waals surface area (Å²) in [4.78, 5) is 29.3. The highest BCUT2D eigenvalue weighted by molar-refractivity contribution is 6.31. The van der Waals surface area contributed by atoms with Gasteiger partial charge in [0, 0.05) is 27.7 Å². The molecule has 1 heterocycles. The highest BCUT2D eigenvalue weighted by Crippen LogP contribution is 2.27. The second-order valence-corrected chi connectivity index (χ2v) is 6.97. The van der Waals surface area contributed by atoms with Crippen molar-refractivity contribution in [2.75, 3.05) is 5.32 Å². The van der Waals surface area contributed by atoms with Gasteiger partial charge in [-0.15, -0.1) is 0 Å². The first-order valence-electron chi connectivity index (χ1n) is 8.93. The monoisotopic (exact) mass is 425 g/mol. The highest BCUT2D eigenvalue weighted by atomic mass is 35.5. The molecule has 4 rings (SSSR count). The maximum atomic E-state index is 13.4. The van der Waals surface area contributed by atoms with Crippen LogP contribution in [0.2, 0.25) is 5.02 Å². The average Bonchev–Trinajstić information content (AvgIpc) is 2.73. The molecule has 0 saturated heterocycles. The van der Waals surface area contributed by atoms with E-state index in [0.29, 0.717) is 21.6 Å². The number of carbonyl (C=O) groups excluding carboxylic acids is 1. The molecule has 30 heavy (non-hydrogen) atoms. The topological polar surface area (TPSA) is 64.0 Å². The van der Waals surface area contributed by atoms with E-state index in [9.17, 15) is 18.4 Å². The van der Waals surface area contributed by atoms with Crippen molar-refractivity contribution in [3.63, 3.8) is 0 Å². The Kier molecular flexibility index (Phi) is 5.29. The number of carbonyl (C=O) groups is 1. The molecule has 150 valence electrons. The smallest absolute Gasteiger partial charge is 0.324 e. The number of rotatable bonds is 4. The zero-order chi connectivity index (χ0) is 21.3. The Morgan fingerprint density at radius 1 is 1.00 bits per heavy atom. The molecule has 0 radical (unpaired) electrons. The Morgan fingerprint density at radius 2 is 1.77 bits per heavy atom. The molecule has 1 amide bonds. The summed E-state index contributed by atoms with van der Waals surface area (Å²) in [5, 5.41) is 3.51. The number of amides is 1. The molecule has 8 heteroatoms. The first-order valence-corrected chi connectivity index (χ1v) is 9.30. The van der Waals surface area contributed by atoms with Gasteiger partial charge in [0.25, 0.3) is 0 Å². The molecule has 0 aliphatic heterocycles. The van der Waals surface area contributed by atoms with Crippen LogP contribution >= 0.6 is 11.6 Å². The number of nitrogens with zero attached hydrogens (tertiary/aromatic N) is 2. The Morgan fingerprint density at radius 3 is 2.50 bits per heavy atom. The molecular formula is C22H14ClF2N3O2. The SMILES string of the molecule is O=C(Cn1c(=O)nc(-c2ccccc2)c2cc(Cl)ccc21)Nc1ccc(F)c(F)c1. The van der Waals surface area contributed by atoms with Crippen LogP contribution in [0.1, 0.15) is 0 Å². The molecule has 0 bridgehead atoms. The molecular weight excluding hydrogens is 412 g/mol. The third-order valence-electron chi connectivity index (χ3n) is 4.50. The summed E-state index contributed by atoms with van der Waals surface area (Å²) in [7, 11) is 0. The van der Waals surface area contributed by atoms with Crippen LogP contribution in [0.25, 0.3) is 22.2 Å². The van der Waals surface area contributed by atoms with Crippen molar-refractivity contribution in [3.8, 4) is 11.3 Å². The Bertz CT molecular complexity index is 1320. The predicted molar refractivity (Wildman–Crippen MR) is 111 cm³/mol. The van der Waals surface area contributed by atoms with E-state index < -0.39 is 23.2 Å². The van der Waals surface area contributed by atoms with Crippen molar-refractivity contribution in [2.24, 2.45) is 0 Å². The summed E-state index contributed by atoms with van der Waals surface area (Å²) in [6.45, 7) is -0.363. The van der Waals surface area contributed by atoms with Crippen LogP contribution in [0.3, 0.4) is 0 Å². The number of anilines is 1. The normalized spacial score (nSPS) is 10.9. The van der Waals surface area contributed by atoms with Crippen LogP contribution in [0, 0.1) is 11.6 Å². The van der Waals surface area contributed by atoms with Crippen LogP contribution < -0.4 is 11.0 Å². The summed E-state index contributed by atoms with van der Waals surface area (Å²) in [6, 6.07) is 17.1. The highest BCUT2D eigenvalue weighted by Gasteiger charge is 2.15. The summed E-state index contributed by atoms with van der Waals surface area (Å²) in [5.74, 6) is -2.69. The van der Waals surface area contributed by atoms with Gasteiger partial charge in [0.2, 0.25) is 5.91 Å². The third kappa shape index (κ3) is 3.92. The van der Waals surface area contributed by atoms with Gasteiger partial charge in [0.1, 0.15) is 6.54 Å². The number of nitrogens with one attached hydrogen (secondary N) is 1. The second kappa shape index (κ2) is 8.04. The van der Waals surface area contributed by atoms with Crippen LogP contribution in [0.15, 0.2) is 71.5 Å². The summed E-state index contributed by atoms with van der Waals surface area (Å²) < 4.78 is 27.6. The van der Waals surface area contributed by atoms with E-state index in [2.05, 4.69) is 10.3 Å². The van der Waals surface area contributed by atoms with Gasteiger partial charge in [-0.1, -0.05) is 41.9 Å². The molecule has 3 aromatic carbocycles. The van der Waals surface area contributed by atoms with E-state index in [4.69, 9.17) is 11.6 Å². The van der Waals surface area contributed by atoms with Crippen LogP contribution in [0.4, 0.5) is 14.5 Å². The summed E-state index contributed by atoms with van der Waals surface area (Å²) in [5.41, 5.74) is 1.12.